The van der Waals surface area contributed by atoms with Crippen LogP contribution < -0.4 is 9.47 Å². The monoisotopic (exact) mass is 336 g/mol. The molecule has 0 unspecified atom stereocenters. The lowest BCUT2D eigenvalue weighted by atomic mass is 10.0. The fourth-order valence-corrected chi connectivity index (χ4v) is 4.07. The first-order valence-corrected chi connectivity index (χ1v) is 8.59. The smallest absolute Gasteiger partial charge is 0.210 e. The number of aromatic hydroxyl groups is 1. The van der Waals surface area contributed by atoms with Crippen LogP contribution in [0.3, 0.4) is 0 Å². The van der Waals surface area contributed by atoms with Crippen molar-refractivity contribution in [3.8, 4) is 17.2 Å². The molecular formula is C17H20O5S. The van der Waals surface area contributed by atoms with Crippen LogP contribution in [0, 0.1) is 0 Å². The molecule has 2 rings (SSSR count). The summed E-state index contributed by atoms with van der Waals surface area (Å²) in [5.74, 6) is 0.743. The lowest BCUT2D eigenvalue weighted by Gasteiger charge is -2.18. The van der Waals surface area contributed by atoms with E-state index >= 15 is 0 Å². The van der Waals surface area contributed by atoms with E-state index in [2.05, 4.69) is 0 Å². The average molecular weight is 336 g/mol. The molecule has 0 atom stereocenters. The van der Waals surface area contributed by atoms with Gasteiger partial charge < -0.3 is 14.6 Å². The molecule has 5 nitrogen and oxygen atoms in total. The van der Waals surface area contributed by atoms with Crippen LogP contribution in [0.4, 0.5) is 0 Å². The molecule has 0 bridgehead atoms. The Labute approximate surface area is 136 Å². The van der Waals surface area contributed by atoms with Gasteiger partial charge in [-0.3, -0.25) is 0 Å². The van der Waals surface area contributed by atoms with Gasteiger partial charge in [-0.05, 0) is 41.8 Å². The summed E-state index contributed by atoms with van der Waals surface area (Å²) in [4.78, 5) is 0.224. The molecule has 0 aliphatic rings. The number of ether oxygens (including phenoxy) is 2. The molecule has 0 aliphatic heterocycles. The third-order valence-corrected chi connectivity index (χ3v) is 5.42. The molecule has 0 aliphatic carbocycles. The van der Waals surface area contributed by atoms with E-state index in [1.54, 1.807) is 12.1 Å². The molecular weight excluding hydrogens is 316 g/mol. The van der Waals surface area contributed by atoms with E-state index < -0.39 is 9.84 Å². The highest BCUT2D eigenvalue weighted by atomic mass is 32.2. The minimum atomic E-state index is -3.79. The molecule has 0 spiro atoms. The summed E-state index contributed by atoms with van der Waals surface area (Å²) in [6.07, 6.45) is 0. The van der Waals surface area contributed by atoms with E-state index in [-0.39, 0.29) is 27.2 Å². The number of methoxy groups -OCH3 is 2. The van der Waals surface area contributed by atoms with Crippen molar-refractivity contribution in [3.05, 3.63) is 42.0 Å². The molecule has 6 heteroatoms. The van der Waals surface area contributed by atoms with Crippen molar-refractivity contribution in [2.75, 3.05) is 14.2 Å². The van der Waals surface area contributed by atoms with E-state index in [0.717, 1.165) is 0 Å². The molecule has 2 aromatic carbocycles. The Bertz CT molecular complexity index is 792. The van der Waals surface area contributed by atoms with E-state index in [9.17, 15) is 13.5 Å². The summed E-state index contributed by atoms with van der Waals surface area (Å²) in [7, 11) is -0.845. The van der Waals surface area contributed by atoms with Crippen molar-refractivity contribution < 1.29 is 23.0 Å². The molecule has 0 saturated carbocycles. The number of hydrogen-bond acceptors (Lipinski definition) is 5. The first-order chi connectivity index (χ1) is 10.8. The Morgan fingerprint density at radius 3 is 2.09 bits per heavy atom. The Kier molecular flexibility index (Phi) is 4.85. The third-order valence-electron chi connectivity index (χ3n) is 3.55. The molecule has 124 valence electrons. The zero-order valence-electron chi connectivity index (χ0n) is 13.5. The van der Waals surface area contributed by atoms with Gasteiger partial charge in [0.25, 0.3) is 0 Å². The molecule has 0 aromatic heterocycles. The van der Waals surface area contributed by atoms with Crippen LogP contribution in [-0.2, 0) is 9.84 Å². The molecule has 0 fully saturated rings. The van der Waals surface area contributed by atoms with Gasteiger partial charge in [-0.15, -0.1) is 0 Å². The molecule has 1 N–H and O–H groups in total. The molecule has 2 aromatic rings. The summed E-state index contributed by atoms with van der Waals surface area (Å²) in [5.41, 5.74) is 0.620. The second kappa shape index (κ2) is 6.50. The first kappa shape index (κ1) is 17.1. The van der Waals surface area contributed by atoms with Gasteiger partial charge in [0.1, 0.15) is 22.1 Å². The first-order valence-electron chi connectivity index (χ1n) is 7.11. The maximum Gasteiger partial charge on any atom is 0.210 e. The van der Waals surface area contributed by atoms with Crippen LogP contribution >= 0.6 is 0 Å². The van der Waals surface area contributed by atoms with Crippen LogP contribution in [0.2, 0.25) is 0 Å². The van der Waals surface area contributed by atoms with E-state index in [1.165, 1.54) is 38.5 Å². The average Bonchev–Trinajstić information content (AvgIpc) is 2.53. The SMILES string of the molecule is COc1cc(OC)c(S(=O)(=O)c2ccc(O)cc2)c(C(C)C)c1. The predicted molar refractivity (Wildman–Crippen MR) is 87.2 cm³/mol. The van der Waals surface area contributed by atoms with Crippen molar-refractivity contribution >= 4 is 9.84 Å². The fourth-order valence-electron chi connectivity index (χ4n) is 2.33. The highest BCUT2D eigenvalue weighted by Crippen LogP contribution is 2.39. The highest BCUT2D eigenvalue weighted by molar-refractivity contribution is 7.91. The minimum Gasteiger partial charge on any atom is -0.508 e. The Morgan fingerprint density at radius 1 is 1.00 bits per heavy atom. The van der Waals surface area contributed by atoms with Gasteiger partial charge in [0.05, 0.1) is 19.1 Å². The third kappa shape index (κ3) is 3.27. The largest absolute Gasteiger partial charge is 0.508 e. The van der Waals surface area contributed by atoms with Gasteiger partial charge in [0, 0.05) is 6.07 Å². The van der Waals surface area contributed by atoms with Crippen molar-refractivity contribution in [2.45, 2.75) is 29.6 Å². The van der Waals surface area contributed by atoms with Gasteiger partial charge >= 0.3 is 0 Å². The van der Waals surface area contributed by atoms with Crippen LogP contribution in [0.5, 0.6) is 17.2 Å². The van der Waals surface area contributed by atoms with Crippen molar-refractivity contribution in [3.63, 3.8) is 0 Å². The van der Waals surface area contributed by atoms with E-state index in [0.29, 0.717) is 11.3 Å². The second-order valence-electron chi connectivity index (χ2n) is 5.40. The maximum atomic E-state index is 13.0. The normalized spacial score (nSPS) is 11.5. The summed E-state index contributed by atoms with van der Waals surface area (Å²) in [6.45, 7) is 3.81. The van der Waals surface area contributed by atoms with Gasteiger partial charge in [-0.2, -0.15) is 0 Å². The lowest BCUT2D eigenvalue weighted by molar-refractivity contribution is 0.384. The quantitative estimate of drug-likeness (QED) is 0.906. The molecule has 0 saturated heterocycles. The van der Waals surface area contributed by atoms with Crippen LogP contribution in [0.15, 0.2) is 46.2 Å². The molecule has 0 radical (unpaired) electrons. The Hall–Kier alpha value is -2.21. The van der Waals surface area contributed by atoms with Crippen molar-refractivity contribution in [1.82, 2.24) is 0 Å². The minimum absolute atomic E-state index is 0.00901. The van der Waals surface area contributed by atoms with Crippen molar-refractivity contribution in [1.29, 1.82) is 0 Å². The summed E-state index contributed by atoms with van der Waals surface area (Å²) in [5, 5.41) is 9.37. The highest BCUT2D eigenvalue weighted by Gasteiger charge is 2.28. The zero-order valence-corrected chi connectivity index (χ0v) is 14.3. The number of phenols is 1. The number of hydrogen-bond donors (Lipinski definition) is 1. The molecule has 0 heterocycles. The topological polar surface area (TPSA) is 72.8 Å². The standard InChI is InChI=1S/C17H20O5S/c1-11(2)15-9-13(21-3)10-16(22-4)17(15)23(19,20)14-7-5-12(18)6-8-14/h5-11,18H,1-4H3. The number of phenolic OH excluding ortho intramolecular Hbond substituents is 1. The summed E-state index contributed by atoms with van der Waals surface area (Å²) >= 11 is 0. The van der Waals surface area contributed by atoms with Crippen LogP contribution in [-0.4, -0.2) is 27.7 Å². The number of benzene rings is 2. The maximum absolute atomic E-state index is 13.0. The summed E-state index contributed by atoms with van der Waals surface area (Å²) in [6, 6.07) is 8.70. The molecule has 0 amide bonds. The van der Waals surface area contributed by atoms with Crippen molar-refractivity contribution in [2.24, 2.45) is 0 Å². The number of rotatable bonds is 5. The fraction of sp³-hybridized carbons (Fsp3) is 0.294. The Balaban J connectivity index is 2.76. The second-order valence-corrected chi connectivity index (χ2v) is 7.29. The predicted octanol–water partition coefficient (Wildman–Crippen LogP) is 3.37. The number of sulfone groups is 1. The van der Waals surface area contributed by atoms with Gasteiger partial charge in [-0.25, -0.2) is 8.42 Å². The lowest BCUT2D eigenvalue weighted by Crippen LogP contribution is -2.09. The molecule has 23 heavy (non-hydrogen) atoms. The van der Waals surface area contributed by atoms with E-state index in [4.69, 9.17) is 9.47 Å². The van der Waals surface area contributed by atoms with Crippen LogP contribution in [0.25, 0.3) is 0 Å². The van der Waals surface area contributed by atoms with Crippen LogP contribution in [0.1, 0.15) is 25.3 Å². The Morgan fingerprint density at radius 2 is 1.61 bits per heavy atom. The van der Waals surface area contributed by atoms with E-state index in [1.807, 2.05) is 13.8 Å². The van der Waals surface area contributed by atoms with Gasteiger partial charge in [-0.1, -0.05) is 13.8 Å². The van der Waals surface area contributed by atoms with Gasteiger partial charge in [0.15, 0.2) is 0 Å². The summed E-state index contributed by atoms with van der Waals surface area (Å²) < 4.78 is 36.6. The zero-order chi connectivity index (χ0) is 17.2. The van der Waals surface area contributed by atoms with Gasteiger partial charge in [0.2, 0.25) is 9.84 Å².